The first-order chi connectivity index (χ1) is 9.87. The third-order valence-corrected chi connectivity index (χ3v) is 2.44. The van der Waals surface area contributed by atoms with E-state index in [-0.39, 0.29) is 12.2 Å². The molecule has 0 saturated carbocycles. The van der Waals surface area contributed by atoms with Gasteiger partial charge >= 0.3 is 18.3 Å². The van der Waals surface area contributed by atoms with Gasteiger partial charge < -0.3 is 19.7 Å². The standard InChI is InChI=1S/C11H14F6O5/c1-7(8(19)22-5-3-18)6-21-4-2-9(20,10(12,13)14)11(15,16)17/h18,20H,1-6H2. The molecule has 0 heterocycles. The number of ether oxygens (including phenoxy) is 2. The molecule has 2 N–H and O–H groups in total. The maximum Gasteiger partial charge on any atom is 0.426 e. The molecular formula is C11H14F6O5. The van der Waals surface area contributed by atoms with Gasteiger partial charge in [-0.25, -0.2) is 4.79 Å². The lowest BCUT2D eigenvalue weighted by molar-refractivity contribution is -0.371. The van der Waals surface area contributed by atoms with E-state index in [2.05, 4.69) is 16.1 Å². The van der Waals surface area contributed by atoms with Crippen molar-refractivity contribution in [1.82, 2.24) is 0 Å². The minimum absolute atomic E-state index is 0.347. The average Bonchev–Trinajstić information content (AvgIpc) is 2.37. The van der Waals surface area contributed by atoms with E-state index in [1.807, 2.05) is 0 Å². The van der Waals surface area contributed by atoms with E-state index >= 15 is 0 Å². The summed E-state index contributed by atoms with van der Waals surface area (Å²) in [7, 11) is 0. The highest BCUT2D eigenvalue weighted by atomic mass is 19.4. The van der Waals surface area contributed by atoms with Gasteiger partial charge in [0.25, 0.3) is 5.60 Å². The topological polar surface area (TPSA) is 76.0 Å². The van der Waals surface area contributed by atoms with Gasteiger partial charge in [-0.15, -0.1) is 0 Å². The van der Waals surface area contributed by atoms with Crippen LogP contribution < -0.4 is 0 Å². The molecule has 22 heavy (non-hydrogen) atoms. The number of hydrogen-bond acceptors (Lipinski definition) is 5. The summed E-state index contributed by atoms with van der Waals surface area (Å²) >= 11 is 0. The Morgan fingerprint density at radius 2 is 1.55 bits per heavy atom. The SMILES string of the molecule is C=C(COCCC(O)(C(F)(F)F)C(F)(F)F)C(=O)OCCO. The Bertz CT molecular complexity index is 375. The summed E-state index contributed by atoms with van der Waals surface area (Å²) in [5.74, 6) is -1.02. The first kappa shape index (κ1) is 20.7. The molecule has 0 spiro atoms. The molecule has 0 rings (SSSR count). The van der Waals surface area contributed by atoms with Crippen LogP contribution in [0.4, 0.5) is 26.3 Å². The van der Waals surface area contributed by atoms with Gasteiger partial charge in [0.2, 0.25) is 0 Å². The molecule has 0 amide bonds. The van der Waals surface area contributed by atoms with Crippen molar-refractivity contribution in [3.05, 3.63) is 12.2 Å². The largest absolute Gasteiger partial charge is 0.460 e. The second kappa shape index (κ2) is 7.79. The summed E-state index contributed by atoms with van der Waals surface area (Å²) in [5.41, 5.74) is -5.27. The molecule has 11 heteroatoms. The van der Waals surface area contributed by atoms with Crippen LogP contribution in [0.1, 0.15) is 6.42 Å². The van der Waals surface area contributed by atoms with E-state index in [0.29, 0.717) is 0 Å². The lowest BCUT2D eigenvalue weighted by Gasteiger charge is -2.32. The minimum atomic E-state index is -5.92. The van der Waals surface area contributed by atoms with Crippen LogP contribution in [0, 0.1) is 0 Å². The number of carbonyl (C=O) groups is 1. The molecule has 0 unspecified atom stereocenters. The van der Waals surface area contributed by atoms with Crippen LogP contribution in [0.3, 0.4) is 0 Å². The zero-order valence-electron chi connectivity index (χ0n) is 11.1. The fourth-order valence-corrected chi connectivity index (χ4v) is 1.16. The van der Waals surface area contributed by atoms with Crippen molar-refractivity contribution in [2.45, 2.75) is 24.4 Å². The Balaban J connectivity index is 4.44. The minimum Gasteiger partial charge on any atom is -0.460 e. The van der Waals surface area contributed by atoms with E-state index in [0.717, 1.165) is 0 Å². The summed E-state index contributed by atoms with van der Waals surface area (Å²) in [6, 6.07) is 0. The van der Waals surface area contributed by atoms with Crippen molar-refractivity contribution in [2.24, 2.45) is 0 Å². The number of hydrogen-bond donors (Lipinski definition) is 2. The van der Waals surface area contributed by atoms with Crippen LogP contribution >= 0.6 is 0 Å². The molecule has 0 aromatic carbocycles. The number of aliphatic hydroxyl groups is 2. The highest BCUT2D eigenvalue weighted by Crippen LogP contribution is 2.45. The number of halogens is 6. The second-order valence-corrected chi connectivity index (χ2v) is 4.12. The third-order valence-electron chi connectivity index (χ3n) is 2.44. The third kappa shape index (κ3) is 5.46. The zero-order chi connectivity index (χ0) is 17.6. The fraction of sp³-hybridized carbons (Fsp3) is 0.727. The summed E-state index contributed by atoms with van der Waals surface area (Å²) < 4.78 is 82.7. The lowest BCUT2D eigenvalue weighted by atomic mass is 9.99. The molecule has 5 nitrogen and oxygen atoms in total. The quantitative estimate of drug-likeness (QED) is 0.302. The Labute approximate surface area is 121 Å². The van der Waals surface area contributed by atoms with Crippen LogP contribution in [-0.2, 0) is 14.3 Å². The normalized spacial score (nSPS) is 13.1. The Morgan fingerprint density at radius 3 is 1.95 bits per heavy atom. The second-order valence-electron chi connectivity index (χ2n) is 4.12. The molecule has 130 valence electrons. The van der Waals surface area contributed by atoms with Gasteiger partial charge in [0.15, 0.2) is 0 Å². The van der Waals surface area contributed by atoms with Crippen molar-refractivity contribution in [3.63, 3.8) is 0 Å². The van der Waals surface area contributed by atoms with Gasteiger partial charge in [-0.2, -0.15) is 26.3 Å². The van der Waals surface area contributed by atoms with Crippen molar-refractivity contribution >= 4 is 5.97 Å². The number of aliphatic hydroxyl groups excluding tert-OH is 1. The molecule has 0 aliphatic heterocycles. The molecule has 0 atom stereocenters. The van der Waals surface area contributed by atoms with E-state index in [1.54, 1.807) is 0 Å². The highest BCUT2D eigenvalue weighted by Gasteiger charge is 2.69. The van der Waals surface area contributed by atoms with Crippen molar-refractivity contribution < 1.29 is 50.8 Å². The predicted molar refractivity (Wildman–Crippen MR) is 59.7 cm³/mol. The van der Waals surface area contributed by atoms with E-state index in [4.69, 9.17) is 10.2 Å². The van der Waals surface area contributed by atoms with Gasteiger partial charge in [0.05, 0.1) is 25.4 Å². The molecule has 0 aromatic heterocycles. The summed E-state index contributed by atoms with van der Waals surface area (Å²) in [6.07, 6.45) is -13.6. The van der Waals surface area contributed by atoms with Gasteiger partial charge in [-0.3, -0.25) is 0 Å². The van der Waals surface area contributed by atoms with Gasteiger partial charge in [0.1, 0.15) is 6.61 Å². The number of esters is 1. The molecule has 0 radical (unpaired) electrons. The summed E-state index contributed by atoms with van der Waals surface area (Å²) in [4.78, 5) is 11.1. The summed E-state index contributed by atoms with van der Waals surface area (Å²) in [6.45, 7) is 0.528. The van der Waals surface area contributed by atoms with Crippen LogP contribution in [0.15, 0.2) is 12.2 Å². The first-order valence-electron chi connectivity index (χ1n) is 5.76. The van der Waals surface area contributed by atoms with E-state index in [1.165, 1.54) is 0 Å². The molecule has 0 aromatic rings. The maximum atomic E-state index is 12.3. The van der Waals surface area contributed by atoms with Crippen LogP contribution in [-0.4, -0.2) is 60.6 Å². The van der Waals surface area contributed by atoms with Crippen LogP contribution in [0.5, 0.6) is 0 Å². The Kier molecular flexibility index (Phi) is 7.32. The monoisotopic (exact) mass is 340 g/mol. The zero-order valence-corrected chi connectivity index (χ0v) is 11.1. The van der Waals surface area contributed by atoms with Gasteiger partial charge in [0, 0.05) is 6.42 Å². The first-order valence-corrected chi connectivity index (χ1v) is 5.76. The van der Waals surface area contributed by atoms with Crippen LogP contribution in [0.25, 0.3) is 0 Å². The van der Waals surface area contributed by atoms with Crippen molar-refractivity contribution in [3.8, 4) is 0 Å². The van der Waals surface area contributed by atoms with Crippen LogP contribution in [0.2, 0.25) is 0 Å². The Hall–Kier alpha value is -1.33. The molecule has 0 saturated heterocycles. The van der Waals surface area contributed by atoms with Gasteiger partial charge in [-0.1, -0.05) is 6.58 Å². The lowest BCUT2D eigenvalue weighted by Crippen LogP contribution is -2.57. The molecule has 0 aliphatic carbocycles. The smallest absolute Gasteiger partial charge is 0.426 e. The highest BCUT2D eigenvalue weighted by molar-refractivity contribution is 5.87. The van der Waals surface area contributed by atoms with Gasteiger partial charge in [-0.05, 0) is 0 Å². The maximum absolute atomic E-state index is 12.3. The molecule has 0 bridgehead atoms. The Morgan fingerprint density at radius 1 is 1.05 bits per heavy atom. The van der Waals surface area contributed by atoms with E-state index in [9.17, 15) is 31.1 Å². The van der Waals surface area contributed by atoms with Crippen molar-refractivity contribution in [1.29, 1.82) is 0 Å². The van der Waals surface area contributed by atoms with Crippen molar-refractivity contribution in [2.75, 3.05) is 26.4 Å². The fourth-order valence-electron chi connectivity index (χ4n) is 1.16. The number of carbonyl (C=O) groups excluding carboxylic acids is 1. The predicted octanol–water partition coefficient (Wildman–Crippen LogP) is 1.34. The molecule has 0 fully saturated rings. The number of rotatable bonds is 8. The molecular weight excluding hydrogens is 326 g/mol. The molecule has 0 aliphatic rings. The number of alkyl halides is 6. The van der Waals surface area contributed by atoms with E-state index < -0.39 is 50.2 Å². The summed E-state index contributed by atoms with van der Waals surface area (Å²) in [5, 5.41) is 17.2. The average molecular weight is 340 g/mol.